The fourth-order valence-electron chi connectivity index (χ4n) is 4.51. The van der Waals surface area contributed by atoms with E-state index in [1.165, 1.54) is 6.42 Å². The van der Waals surface area contributed by atoms with Gasteiger partial charge in [0.1, 0.15) is 6.61 Å². The first kappa shape index (κ1) is 23.5. The third-order valence-corrected chi connectivity index (χ3v) is 7.84. The topological polar surface area (TPSA) is 97.8 Å². The second-order valence-corrected chi connectivity index (χ2v) is 10.7. The molecule has 0 unspecified atom stereocenters. The number of likely N-dealkylation sites (tertiary alicyclic amines) is 1. The van der Waals surface area contributed by atoms with Crippen LogP contribution in [-0.4, -0.2) is 67.5 Å². The van der Waals surface area contributed by atoms with Crippen LogP contribution in [0.5, 0.6) is 11.5 Å². The lowest BCUT2D eigenvalue weighted by atomic mass is 10.0. The Labute approximate surface area is 195 Å². The standard InChI is InChI=1S/C24H31N3O5S/c1-2-31-23-13-19(8-9-22(23)32-15-18-7-6-10-25-14-18)24(28)26-20-16-33(29,30)17-21(20)27-11-4-3-5-12-27/h6-10,13-14,20-21H,2-5,11-12,15-17H2,1H3,(H,26,28)/t20-,21+/m1/s1. The molecule has 8 nitrogen and oxygen atoms in total. The minimum Gasteiger partial charge on any atom is -0.490 e. The molecule has 1 aromatic heterocycles. The summed E-state index contributed by atoms with van der Waals surface area (Å²) in [4.78, 5) is 19.4. The number of sulfone groups is 1. The Balaban J connectivity index is 1.47. The minimum atomic E-state index is -3.19. The maximum atomic E-state index is 13.1. The van der Waals surface area contributed by atoms with Crippen molar-refractivity contribution < 1.29 is 22.7 Å². The summed E-state index contributed by atoms with van der Waals surface area (Å²) in [7, 11) is -3.19. The number of nitrogens with one attached hydrogen (secondary N) is 1. The first-order valence-corrected chi connectivity index (χ1v) is 13.3. The highest BCUT2D eigenvalue weighted by Crippen LogP contribution is 2.30. The molecule has 2 aromatic rings. The molecule has 2 fully saturated rings. The van der Waals surface area contributed by atoms with E-state index >= 15 is 0 Å². The lowest BCUT2D eigenvalue weighted by Crippen LogP contribution is -2.52. The van der Waals surface area contributed by atoms with Gasteiger partial charge in [0.25, 0.3) is 5.91 Å². The van der Waals surface area contributed by atoms with Gasteiger partial charge < -0.3 is 14.8 Å². The van der Waals surface area contributed by atoms with Crippen molar-refractivity contribution in [3.05, 3.63) is 53.9 Å². The van der Waals surface area contributed by atoms with Crippen LogP contribution in [0.15, 0.2) is 42.7 Å². The Morgan fingerprint density at radius 3 is 2.67 bits per heavy atom. The predicted octanol–water partition coefficient (Wildman–Crippen LogP) is 2.44. The van der Waals surface area contributed by atoms with E-state index in [1.807, 2.05) is 19.1 Å². The van der Waals surface area contributed by atoms with Gasteiger partial charge in [0.2, 0.25) is 0 Å². The van der Waals surface area contributed by atoms with E-state index in [2.05, 4.69) is 15.2 Å². The number of amides is 1. The van der Waals surface area contributed by atoms with Crippen molar-refractivity contribution in [2.45, 2.75) is 44.9 Å². The second-order valence-electron chi connectivity index (χ2n) is 8.57. The van der Waals surface area contributed by atoms with Crippen molar-refractivity contribution in [3.63, 3.8) is 0 Å². The molecule has 178 valence electrons. The van der Waals surface area contributed by atoms with Crippen molar-refractivity contribution in [1.82, 2.24) is 15.2 Å². The normalized spacial score (nSPS) is 22.6. The molecular formula is C24H31N3O5S. The predicted molar refractivity (Wildman–Crippen MR) is 125 cm³/mol. The minimum absolute atomic E-state index is 0.0233. The van der Waals surface area contributed by atoms with Crippen molar-refractivity contribution in [2.75, 3.05) is 31.2 Å². The van der Waals surface area contributed by atoms with E-state index < -0.39 is 15.9 Å². The lowest BCUT2D eigenvalue weighted by Gasteiger charge is -2.35. The first-order chi connectivity index (χ1) is 15.9. The number of pyridine rings is 1. The fraction of sp³-hybridized carbons (Fsp3) is 0.500. The third-order valence-electron chi connectivity index (χ3n) is 6.12. The first-order valence-electron chi connectivity index (χ1n) is 11.5. The van der Waals surface area contributed by atoms with Crippen LogP contribution in [0.2, 0.25) is 0 Å². The molecule has 0 bridgehead atoms. The largest absolute Gasteiger partial charge is 0.490 e. The molecular weight excluding hydrogens is 442 g/mol. The summed E-state index contributed by atoms with van der Waals surface area (Å²) in [5.74, 6) is 0.778. The highest BCUT2D eigenvalue weighted by Gasteiger charge is 2.42. The molecule has 2 aliphatic rings. The number of hydrogen-bond acceptors (Lipinski definition) is 7. The number of rotatable bonds is 8. The van der Waals surface area contributed by atoms with Gasteiger partial charge in [-0.1, -0.05) is 12.5 Å². The summed E-state index contributed by atoms with van der Waals surface area (Å²) in [6, 6.07) is 8.21. The quantitative estimate of drug-likeness (QED) is 0.629. The number of carbonyl (C=O) groups excluding carboxylic acids is 1. The Kier molecular flexibility index (Phi) is 7.49. The summed E-state index contributed by atoms with van der Waals surface area (Å²) in [5.41, 5.74) is 1.34. The number of piperidine rings is 1. The van der Waals surface area contributed by atoms with E-state index in [9.17, 15) is 13.2 Å². The number of ether oxygens (including phenoxy) is 2. The van der Waals surface area contributed by atoms with Gasteiger partial charge in [-0.3, -0.25) is 14.7 Å². The molecule has 0 aliphatic carbocycles. The molecule has 33 heavy (non-hydrogen) atoms. The molecule has 0 spiro atoms. The van der Waals surface area contributed by atoms with Crippen molar-refractivity contribution in [1.29, 1.82) is 0 Å². The number of aromatic nitrogens is 1. The number of nitrogens with zero attached hydrogens (tertiary/aromatic N) is 2. The van der Waals surface area contributed by atoms with Crippen LogP contribution < -0.4 is 14.8 Å². The zero-order valence-corrected chi connectivity index (χ0v) is 19.7. The number of hydrogen-bond donors (Lipinski definition) is 1. The summed E-state index contributed by atoms with van der Waals surface area (Å²) in [5, 5.41) is 2.98. The Morgan fingerprint density at radius 2 is 1.94 bits per heavy atom. The fourth-order valence-corrected chi connectivity index (χ4v) is 6.46. The van der Waals surface area contributed by atoms with Crippen LogP contribution in [0.1, 0.15) is 42.1 Å². The molecule has 2 aliphatic heterocycles. The average molecular weight is 474 g/mol. The summed E-state index contributed by atoms with van der Waals surface area (Å²) >= 11 is 0. The molecule has 3 heterocycles. The lowest BCUT2D eigenvalue weighted by molar-refractivity contribution is 0.0899. The number of carbonyl (C=O) groups is 1. The Morgan fingerprint density at radius 1 is 1.12 bits per heavy atom. The molecule has 1 aromatic carbocycles. The van der Waals surface area contributed by atoms with Crippen molar-refractivity contribution in [3.8, 4) is 11.5 Å². The molecule has 1 N–H and O–H groups in total. The van der Waals surface area contributed by atoms with Gasteiger partial charge in [0, 0.05) is 29.6 Å². The number of benzene rings is 1. The van der Waals surface area contributed by atoms with Crippen LogP contribution in [-0.2, 0) is 16.4 Å². The van der Waals surface area contributed by atoms with Gasteiger partial charge in [0.05, 0.1) is 24.2 Å². The zero-order chi connectivity index (χ0) is 23.3. The summed E-state index contributed by atoms with van der Waals surface area (Å²) in [6.07, 6.45) is 6.73. The van der Waals surface area contributed by atoms with Crippen molar-refractivity contribution >= 4 is 15.7 Å². The van der Waals surface area contributed by atoms with Gasteiger partial charge in [-0.2, -0.15) is 0 Å². The molecule has 0 radical (unpaired) electrons. The van der Waals surface area contributed by atoms with E-state index in [0.29, 0.717) is 30.3 Å². The van der Waals surface area contributed by atoms with Gasteiger partial charge in [0.15, 0.2) is 21.3 Å². The average Bonchev–Trinajstić information content (AvgIpc) is 3.13. The summed E-state index contributed by atoms with van der Waals surface area (Å²) < 4.78 is 36.3. The van der Waals surface area contributed by atoms with Gasteiger partial charge in [-0.25, -0.2) is 8.42 Å². The molecule has 4 rings (SSSR count). The van der Waals surface area contributed by atoms with Crippen LogP contribution in [0, 0.1) is 0 Å². The highest BCUT2D eigenvalue weighted by atomic mass is 32.2. The van der Waals surface area contributed by atoms with Gasteiger partial charge >= 0.3 is 0 Å². The van der Waals surface area contributed by atoms with Crippen LogP contribution in [0.25, 0.3) is 0 Å². The molecule has 0 saturated carbocycles. The van der Waals surface area contributed by atoms with E-state index in [0.717, 1.165) is 31.5 Å². The Hall–Kier alpha value is -2.65. The van der Waals surface area contributed by atoms with Crippen molar-refractivity contribution in [2.24, 2.45) is 0 Å². The summed E-state index contributed by atoms with van der Waals surface area (Å²) in [6.45, 7) is 4.38. The maximum absolute atomic E-state index is 13.1. The second kappa shape index (κ2) is 10.5. The van der Waals surface area contributed by atoms with E-state index in [-0.39, 0.29) is 23.5 Å². The zero-order valence-electron chi connectivity index (χ0n) is 18.9. The van der Waals surface area contributed by atoms with Crippen LogP contribution in [0.3, 0.4) is 0 Å². The van der Waals surface area contributed by atoms with Crippen LogP contribution >= 0.6 is 0 Å². The Bertz CT molecular complexity index is 1060. The maximum Gasteiger partial charge on any atom is 0.251 e. The van der Waals surface area contributed by atoms with E-state index in [4.69, 9.17) is 9.47 Å². The third kappa shape index (κ3) is 6.03. The molecule has 2 atom stereocenters. The monoisotopic (exact) mass is 473 g/mol. The van der Waals surface area contributed by atoms with Crippen LogP contribution in [0.4, 0.5) is 0 Å². The highest BCUT2D eigenvalue weighted by molar-refractivity contribution is 7.91. The SMILES string of the molecule is CCOc1cc(C(=O)N[C@@H]2CS(=O)(=O)C[C@@H]2N2CCCCC2)ccc1OCc1cccnc1. The molecule has 2 saturated heterocycles. The molecule has 1 amide bonds. The van der Waals surface area contributed by atoms with Gasteiger partial charge in [-0.05, 0) is 57.1 Å². The molecule has 9 heteroatoms. The smallest absolute Gasteiger partial charge is 0.251 e. The van der Waals surface area contributed by atoms with E-state index in [1.54, 1.807) is 30.6 Å². The van der Waals surface area contributed by atoms with Gasteiger partial charge in [-0.15, -0.1) is 0 Å².